The van der Waals surface area contributed by atoms with Crippen molar-refractivity contribution in [1.29, 1.82) is 0 Å². The lowest BCUT2D eigenvalue weighted by molar-refractivity contribution is -0.136. The quantitative estimate of drug-likeness (QED) is 0.283. The fraction of sp³-hybridized carbons (Fsp3) is 0.312. The lowest BCUT2D eigenvalue weighted by atomic mass is 10.0. The number of rotatable bonds is 6. The van der Waals surface area contributed by atoms with Crippen molar-refractivity contribution in [3.05, 3.63) is 83.4 Å². The van der Waals surface area contributed by atoms with Gasteiger partial charge in [-0.15, -0.1) is 0 Å². The SMILES string of the molecule is CC(C)(C)N1CCN(C(=O)c2ccc(-c3cc(C(F)(F)F)c4oc(CNC(=O)/C=C/c5ccc(N)nc5)cc4c3)nc2)CC1. The van der Waals surface area contributed by atoms with E-state index in [1.807, 2.05) is 0 Å². The van der Waals surface area contributed by atoms with Gasteiger partial charge in [0.15, 0.2) is 0 Å². The third-order valence-corrected chi connectivity index (χ3v) is 7.47. The van der Waals surface area contributed by atoms with Crippen molar-refractivity contribution >= 4 is 34.7 Å². The van der Waals surface area contributed by atoms with Gasteiger partial charge in [-0.3, -0.25) is 19.5 Å². The number of alkyl halides is 3. The Morgan fingerprint density at radius 1 is 1.00 bits per heavy atom. The third kappa shape index (κ3) is 7.08. The number of benzene rings is 1. The Morgan fingerprint density at radius 2 is 1.75 bits per heavy atom. The van der Waals surface area contributed by atoms with Gasteiger partial charge in [-0.2, -0.15) is 13.2 Å². The summed E-state index contributed by atoms with van der Waals surface area (Å²) in [5.74, 6) is -0.125. The molecule has 1 aromatic carbocycles. The number of pyridine rings is 2. The van der Waals surface area contributed by atoms with E-state index < -0.39 is 17.6 Å². The molecule has 4 heterocycles. The molecule has 0 unspecified atom stereocenters. The van der Waals surface area contributed by atoms with Crippen LogP contribution in [0.15, 0.2) is 65.4 Å². The van der Waals surface area contributed by atoms with E-state index in [-0.39, 0.29) is 46.0 Å². The van der Waals surface area contributed by atoms with Gasteiger partial charge >= 0.3 is 6.18 Å². The van der Waals surface area contributed by atoms with Gasteiger partial charge in [-0.1, -0.05) is 0 Å². The van der Waals surface area contributed by atoms with Gasteiger partial charge in [0.1, 0.15) is 17.2 Å². The summed E-state index contributed by atoms with van der Waals surface area (Å²) >= 11 is 0. The molecule has 1 saturated heterocycles. The first-order chi connectivity index (χ1) is 20.8. The van der Waals surface area contributed by atoms with Crippen molar-refractivity contribution in [3.8, 4) is 11.3 Å². The first-order valence-electron chi connectivity index (χ1n) is 14.1. The highest BCUT2D eigenvalue weighted by molar-refractivity contribution is 5.94. The van der Waals surface area contributed by atoms with Gasteiger partial charge in [-0.25, -0.2) is 4.98 Å². The van der Waals surface area contributed by atoms with Gasteiger partial charge in [0, 0.05) is 61.1 Å². The average molecular weight is 607 g/mol. The molecule has 4 aromatic rings. The molecule has 0 atom stereocenters. The number of nitrogens with two attached hydrogens (primary N) is 1. The first-order valence-corrected chi connectivity index (χ1v) is 14.1. The maximum absolute atomic E-state index is 14.1. The van der Waals surface area contributed by atoms with Gasteiger partial charge in [0.25, 0.3) is 5.91 Å². The van der Waals surface area contributed by atoms with Crippen molar-refractivity contribution < 1.29 is 27.2 Å². The smallest absolute Gasteiger partial charge is 0.420 e. The fourth-order valence-electron chi connectivity index (χ4n) is 5.03. The van der Waals surface area contributed by atoms with Crippen molar-refractivity contribution in [2.45, 2.75) is 39.0 Å². The molecular formula is C32H33F3N6O3. The molecule has 1 aliphatic heterocycles. The number of nitrogens with one attached hydrogen (secondary N) is 1. The zero-order valence-electron chi connectivity index (χ0n) is 24.6. The van der Waals surface area contributed by atoms with Gasteiger partial charge in [0.05, 0.1) is 23.4 Å². The molecule has 0 aliphatic carbocycles. The highest BCUT2D eigenvalue weighted by Crippen LogP contribution is 2.39. The summed E-state index contributed by atoms with van der Waals surface area (Å²) in [4.78, 5) is 37.7. The summed E-state index contributed by atoms with van der Waals surface area (Å²) in [6.45, 7) is 8.98. The van der Waals surface area contributed by atoms with Crippen molar-refractivity contribution in [1.82, 2.24) is 25.1 Å². The van der Waals surface area contributed by atoms with Crippen LogP contribution in [0.3, 0.4) is 0 Å². The Kier molecular flexibility index (Phi) is 8.46. The van der Waals surface area contributed by atoms with Crippen LogP contribution in [0.4, 0.5) is 19.0 Å². The van der Waals surface area contributed by atoms with Gasteiger partial charge < -0.3 is 20.4 Å². The number of aromatic nitrogens is 2. The predicted octanol–water partition coefficient (Wildman–Crippen LogP) is 5.38. The zero-order chi connectivity index (χ0) is 31.6. The molecule has 3 aromatic heterocycles. The van der Waals surface area contributed by atoms with Crippen LogP contribution < -0.4 is 11.1 Å². The second-order valence-corrected chi connectivity index (χ2v) is 11.6. The molecule has 1 aliphatic rings. The lowest BCUT2D eigenvalue weighted by Crippen LogP contribution is -2.54. The summed E-state index contributed by atoms with van der Waals surface area (Å²) in [6, 6.07) is 10.4. The Hall–Kier alpha value is -4.71. The number of halogens is 3. The summed E-state index contributed by atoms with van der Waals surface area (Å²) in [7, 11) is 0. The molecule has 9 nitrogen and oxygen atoms in total. The van der Waals surface area contributed by atoms with Crippen LogP contribution in [-0.4, -0.2) is 63.3 Å². The average Bonchev–Trinajstić information content (AvgIpc) is 3.41. The molecule has 0 radical (unpaired) electrons. The van der Waals surface area contributed by atoms with Crippen LogP contribution in [0.1, 0.15) is 48.0 Å². The van der Waals surface area contributed by atoms with E-state index in [9.17, 15) is 22.8 Å². The van der Waals surface area contributed by atoms with E-state index in [0.717, 1.165) is 19.2 Å². The molecule has 5 rings (SSSR count). The summed E-state index contributed by atoms with van der Waals surface area (Å²) in [6.07, 6.45) is 1.02. The molecule has 3 N–H and O–H groups in total. The van der Waals surface area contributed by atoms with Crippen LogP contribution in [0.25, 0.3) is 28.3 Å². The number of hydrogen-bond donors (Lipinski definition) is 2. The highest BCUT2D eigenvalue weighted by Gasteiger charge is 2.35. The van der Waals surface area contributed by atoms with Crippen molar-refractivity contribution in [2.75, 3.05) is 31.9 Å². The second-order valence-electron chi connectivity index (χ2n) is 11.6. The summed E-state index contributed by atoms with van der Waals surface area (Å²) < 4.78 is 47.8. The molecule has 0 spiro atoms. The number of fused-ring (bicyclic) bond motifs is 1. The van der Waals surface area contributed by atoms with Crippen LogP contribution >= 0.6 is 0 Å². The van der Waals surface area contributed by atoms with Crippen molar-refractivity contribution in [2.24, 2.45) is 0 Å². The maximum atomic E-state index is 14.1. The predicted molar refractivity (Wildman–Crippen MR) is 161 cm³/mol. The van der Waals surface area contributed by atoms with Crippen LogP contribution in [0, 0.1) is 0 Å². The zero-order valence-corrected chi connectivity index (χ0v) is 24.6. The van der Waals surface area contributed by atoms with Gasteiger partial charge in [0.2, 0.25) is 5.91 Å². The Morgan fingerprint density at radius 3 is 2.36 bits per heavy atom. The minimum absolute atomic E-state index is 0.0203. The monoisotopic (exact) mass is 606 g/mol. The number of anilines is 1. The Bertz CT molecular complexity index is 1680. The third-order valence-electron chi connectivity index (χ3n) is 7.47. The number of furan rings is 1. The van der Waals surface area contributed by atoms with E-state index in [1.165, 1.54) is 30.6 Å². The fourth-order valence-corrected chi connectivity index (χ4v) is 5.03. The van der Waals surface area contributed by atoms with E-state index >= 15 is 0 Å². The topological polar surface area (TPSA) is 118 Å². The molecular weight excluding hydrogens is 573 g/mol. The molecule has 230 valence electrons. The van der Waals surface area contributed by atoms with E-state index in [0.29, 0.717) is 30.0 Å². The summed E-state index contributed by atoms with van der Waals surface area (Å²) in [5.41, 5.74) is 5.80. The number of carbonyl (C=O) groups excluding carboxylic acids is 2. The van der Waals surface area contributed by atoms with Crippen LogP contribution in [0.2, 0.25) is 0 Å². The first kappa shape index (κ1) is 30.7. The minimum Gasteiger partial charge on any atom is -0.459 e. The normalized spacial score (nSPS) is 14.8. The maximum Gasteiger partial charge on any atom is 0.420 e. The molecule has 0 saturated carbocycles. The van der Waals surface area contributed by atoms with E-state index in [2.05, 4.69) is 41.0 Å². The highest BCUT2D eigenvalue weighted by atomic mass is 19.4. The molecule has 1 fully saturated rings. The minimum atomic E-state index is -4.70. The Balaban J connectivity index is 1.31. The number of hydrogen-bond acceptors (Lipinski definition) is 7. The number of nitrogen functional groups attached to an aromatic ring is 1. The van der Waals surface area contributed by atoms with E-state index in [1.54, 1.807) is 35.2 Å². The van der Waals surface area contributed by atoms with Crippen LogP contribution in [0.5, 0.6) is 0 Å². The number of amides is 2. The van der Waals surface area contributed by atoms with E-state index in [4.69, 9.17) is 10.2 Å². The van der Waals surface area contributed by atoms with Gasteiger partial charge in [-0.05, 0) is 74.9 Å². The lowest BCUT2D eigenvalue weighted by Gasteiger charge is -2.42. The Labute approximate surface area is 252 Å². The van der Waals surface area contributed by atoms with Crippen LogP contribution in [-0.2, 0) is 17.5 Å². The molecule has 44 heavy (non-hydrogen) atoms. The number of carbonyl (C=O) groups is 2. The molecule has 12 heteroatoms. The summed E-state index contributed by atoms with van der Waals surface area (Å²) in [5, 5.41) is 2.81. The second kappa shape index (κ2) is 12.1. The number of piperazine rings is 1. The number of nitrogens with zero attached hydrogens (tertiary/aromatic N) is 4. The van der Waals surface area contributed by atoms with Crippen molar-refractivity contribution in [3.63, 3.8) is 0 Å². The molecule has 0 bridgehead atoms. The standard InChI is InChI=1S/C32H33F3N6O3/c1-31(2,3)41-12-10-40(11-13-41)30(43)21-6-7-26(37-18-21)22-14-23-15-24(44-29(23)25(16-22)32(33,34)35)19-39-28(42)9-5-20-4-8-27(36)38-17-20/h4-9,14-18H,10-13,19H2,1-3H3,(H2,36,38)(H,39,42)/b9-5+. The largest absolute Gasteiger partial charge is 0.459 e. The molecule has 2 amide bonds.